The number of hydrogen-bond donors (Lipinski definition) is 5. The highest BCUT2D eigenvalue weighted by atomic mass is 35.5. The topological polar surface area (TPSA) is 153 Å². The van der Waals surface area contributed by atoms with E-state index in [0.717, 1.165) is 17.0 Å². The summed E-state index contributed by atoms with van der Waals surface area (Å²) >= 11 is 7.96. The molecule has 2 aromatic heterocycles. The minimum atomic E-state index is -0.222. The number of nitrogen functional groups attached to an aromatic ring is 1. The van der Waals surface area contributed by atoms with Crippen molar-refractivity contribution in [2.24, 2.45) is 16.7 Å². The lowest BCUT2D eigenvalue weighted by molar-refractivity contribution is 0.0953. The summed E-state index contributed by atoms with van der Waals surface area (Å²) in [6.07, 6.45) is 6.43. The molecule has 12 heteroatoms. The number of carbonyl (C=O) groups is 1. The average Bonchev–Trinajstić information content (AvgIpc) is 3.06. The van der Waals surface area contributed by atoms with E-state index in [0.29, 0.717) is 65.6 Å². The zero-order valence-corrected chi connectivity index (χ0v) is 25.7. The van der Waals surface area contributed by atoms with Crippen LogP contribution in [0.5, 0.6) is 5.75 Å². The highest BCUT2D eigenvalue weighted by Gasteiger charge is 2.09. The minimum absolute atomic E-state index is 0.222. The Morgan fingerprint density at radius 3 is 2.59 bits per heavy atom. The third-order valence-corrected chi connectivity index (χ3v) is 7.82. The molecule has 1 amide bonds. The number of ether oxygens (including phenoxy) is 1. The molecule has 0 saturated heterocycles. The number of pyridine rings is 2. The fraction of sp³-hybridized carbons (Fsp3) is 0.188. The first-order chi connectivity index (χ1) is 21.6. The summed E-state index contributed by atoms with van der Waals surface area (Å²) in [6, 6.07) is 25.1. The van der Waals surface area contributed by atoms with Gasteiger partial charge in [-0.15, -0.1) is 11.8 Å². The van der Waals surface area contributed by atoms with Crippen LogP contribution < -0.4 is 32.6 Å². The van der Waals surface area contributed by atoms with Crippen LogP contribution in [-0.2, 0) is 12.2 Å². The van der Waals surface area contributed by atoms with E-state index in [1.54, 1.807) is 30.0 Å². The maximum atomic E-state index is 12.3. The molecule has 0 fully saturated rings. The second-order valence-corrected chi connectivity index (χ2v) is 10.8. The quantitative estimate of drug-likeness (QED) is 0.0304. The molecule has 0 radical (unpaired) electrons. The Bertz CT molecular complexity index is 1550. The highest BCUT2D eigenvalue weighted by molar-refractivity contribution is 7.98. The van der Waals surface area contributed by atoms with Crippen LogP contribution in [-0.4, -0.2) is 41.4 Å². The van der Waals surface area contributed by atoms with Crippen molar-refractivity contribution in [3.05, 3.63) is 119 Å². The first-order valence-electron chi connectivity index (χ1n) is 14.0. The third-order valence-electron chi connectivity index (χ3n) is 6.27. The maximum absolute atomic E-state index is 12.3. The molecule has 7 N–H and O–H groups in total. The number of thioether (sulfide) groups is 1. The Morgan fingerprint density at radius 1 is 1.02 bits per heavy atom. The third kappa shape index (κ3) is 10.4. The van der Waals surface area contributed by atoms with Crippen LogP contribution in [0, 0.1) is 0 Å². The summed E-state index contributed by atoms with van der Waals surface area (Å²) in [7, 11) is 0. The van der Waals surface area contributed by atoms with Crippen molar-refractivity contribution in [1.82, 2.24) is 20.7 Å². The second-order valence-electron chi connectivity index (χ2n) is 9.42. The lowest BCUT2D eigenvalue weighted by Crippen LogP contribution is -2.29. The smallest absolute Gasteiger partial charge is 0.252 e. The minimum Gasteiger partial charge on any atom is -0.491 e. The number of nitrogens with two attached hydrogens (primary N) is 2. The van der Waals surface area contributed by atoms with Crippen LogP contribution in [0.3, 0.4) is 0 Å². The van der Waals surface area contributed by atoms with Crippen molar-refractivity contribution in [3.63, 3.8) is 0 Å². The van der Waals surface area contributed by atoms with E-state index >= 15 is 0 Å². The van der Waals surface area contributed by atoms with Gasteiger partial charge in [-0.2, -0.15) is 0 Å². The van der Waals surface area contributed by atoms with Crippen LogP contribution in [0.1, 0.15) is 33.7 Å². The highest BCUT2D eigenvalue weighted by Crippen LogP contribution is 2.30. The Balaban J connectivity index is 1.37. The summed E-state index contributed by atoms with van der Waals surface area (Å²) in [5.74, 6) is 13.1. The fourth-order valence-electron chi connectivity index (χ4n) is 3.96. The Hall–Kier alpha value is -4.42. The van der Waals surface area contributed by atoms with Crippen molar-refractivity contribution in [1.29, 1.82) is 0 Å². The number of benzene rings is 2. The predicted molar refractivity (Wildman–Crippen MR) is 179 cm³/mol. The molecule has 2 heterocycles. The van der Waals surface area contributed by atoms with Gasteiger partial charge in [-0.05, 0) is 60.5 Å². The van der Waals surface area contributed by atoms with E-state index < -0.39 is 0 Å². The number of aliphatic imine (C=N–C) groups is 1. The number of carbonyl (C=O) groups excluding carboxylic acids is 1. The van der Waals surface area contributed by atoms with Crippen LogP contribution in [0.25, 0.3) is 6.08 Å². The number of hydrazine groups is 2. The Morgan fingerprint density at radius 2 is 1.84 bits per heavy atom. The van der Waals surface area contributed by atoms with Crippen LogP contribution in [0.2, 0.25) is 5.02 Å². The number of nitrogens with one attached hydrogen (secondary N) is 3. The van der Waals surface area contributed by atoms with Crippen LogP contribution >= 0.6 is 23.4 Å². The molecule has 4 rings (SSSR count). The molecule has 2 aromatic carbocycles. The lowest BCUT2D eigenvalue weighted by Gasteiger charge is -2.11. The van der Waals surface area contributed by atoms with E-state index in [-0.39, 0.29) is 5.91 Å². The number of anilines is 1. The van der Waals surface area contributed by atoms with Gasteiger partial charge in [0.25, 0.3) is 5.91 Å². The average molecular weight is 631 g/mol. The van der Waals surface area contributed by atoms with E-state index in [1.165, 1.54) is 11.8 Å². The van der Waals surface area contributed by atoms with Gasteiger partial charge >= 0.3 is 0 Å². The van der Waals surface area contributed by atoms with E-state index in [4.69, 9.17) is 33.0 Å². The van der Waals surface area contributed by atoms with E-state index in [2.05, 4.69) is 38.3 Å². The van der Waals surface area contributed by atoms with E-state index in [1.807, 2.05) is 60.7 Å². The number of rotatable bonds is 15. The molecule has 0 aliphatic heterocycles. The van der Waals surface area contributed by atoms with Crippen molar-refractivity contribution >= 4 is 47.0 Å². The SMILES string of the molecule is NNC(/C=C/c1nc(CSc2ccccc2Cl)ccc1OCCc1ccccc1)=NCCCNC(=O)c1ccc(NN)nc1. The van der Waals surface area contributed by atoms with Crippen molar-refractivity contribution in [3.8, 4) is 5.75 Å². The van der Waals surface area contributed by atoms with Gasteiger partial charge in [0.15, 0.2) is 0 Å². The molecular weight excluding hydrogens is 596 g/mol. The molecular formula is C32H35ClN8O2S. The van der Waals surface area contributed by atoms with Crippen LogP contribution in [0.4, 0.5) is 5.82 Å². The molecule has 228 valence electrons. The molecule has 0 aliphatic rings. The number of hydrogen-bond acceptors (Lipinski definition) is 9. The second kappa shape index (κ2) is 17.6. The Kier molecular flexibility index (Phi) is 13.0. The van der Waals surface area contributed by atoms with Gasteiger partial charge in [-0.3, -0.25) is 9.79 Å². The summed E-state index contributed by atoms with van der Waals surface area (Å²) in [5.41, 5.74) is 8.24. The van der Waals surface area contributed by atoms with Crippen molar-refractivity contribution in [2.45, 2.75) is 23.5 Å². The normalized spacial score (nSPS) is 11.4. The molecule has 44 heavy (non-hydrogen) atoms. The molecule has 0 atom stereocenters. The van der Waals surface area contributed by atoms with E-state index in [9.17, 15) is 4.79 Å². The van der Waals surface area contributed by atoms with Crippen molar-refractivity contribution in [2.75, 3.05) is 25.1 Å². The maximum Gasteiger partial charge on any atom is 0.252 e. The Labute approximate surface area is 266 Å². The first kappa shape index (κ1) is 32.5. The van der Waals surface area contributed by atoms with Gasteiger partial charge in [-0.1, -0.05) is 54.1 Å². The zero-order valence-electron chi connectivity index (χ0n) is 24.1. The van der Waals surface area contributed by atoms with Gasteiger partial charge in [0, 0.05) is 36.4 Å². The molecule has 0 unspecified atom stereocenters. The van der Waals surface area contributed by atoms with Gasteiger partial charge in [-0.25, -0.2) is 21.7 Å². The number of halogens is 1. The standard InChI is InChI=1S/C32H35ClN8O2S/c33-26-9-4-5-10-29(26)44-22-25-12-14-28(43-20-17-23-7-2-1-3-8-23)27(39-25)13-16-30(40-34)36-18-6-19-37-32(42)24-11-15-31(41-35)38-21-24/h1-5,7-16,21H,6,17-20,22,34-35H2,(H,36,40)(H,37,42)(H,38,41)/b16-13+. The number of amidine groups is 1. The fourth-order valence-corrected chi connectivity index (χ4v) is 5.11. The summed E-state index contributed by atoms with van der Waals surface area (Å²) in [6.45, 7) is 1.39. The van der Waals surface area contributed by atoms with Crippen molar-refractivity contribution < 1.29 is 9.53 Å². The predicted octanol–water partition coefficient (Wildman–Crippen LogP) is 5.02. The molecule has 4 aromatic rings. The summed E-state index contributed by atoms with van der Waals surface area (Å²) in [4.78, 5) is 26.7. The molecule has 0 saturated carbocycles. The summed E-state index contributed by atoms with van der Waals surface area (Å²) in [5, 5.41) is 3.56. The van der Waals surface area contributed by atoms with Gasteiger partial charge in [0.1, 0.15) is 23.1 Å². The summed E-state index contributed by atoms with van der Waals surface area (Å²) < 4.78 is 6.14. The van der Waals surface area contributed by atoms with Crippen LogP contribution in [0.15, 0.2) is 101 Å². The number of amides is 1. The molecule has 0 spiro atoms. The molecule has 0 bridgehead atoms. The van der Waals surface area contributed by atoms with Gasteiger partial charge < -0.3 is 20.9 Å². The molecule has 10 nitrogen and oxygen atoms in total. The monoisotopic (exact) mass is 630 g/mol. The van der Waals surface area contributed by atoms with Gasteiger partial charge in [0.05, 0.1) is 22.9 Å². The van der Waals surface area contributed by atoms with Gasteiger partial charge in [0.2, 0.25) is 0 Å². The number of aromatic nitrogens is 2. The number of nitrogens with zero attached hydrogens (tertiary/aromatic N) is 3. The lowest BCUT2D eigenvalue weighted by atomic mass is 10.2. The first-order valence-corrected chi connectivity index (χ1v) is 15.4. The molecule has 0 aliphatic carbocycles. The largest absolute Gasteiger partial charge is 0.491 e. The zero-order chi connectivity index (χ0) is 31.0.